The van der Waals surface area contributed by atoms with Gasteiger partial charge in [-0.05, 0) is 61.7 Å². The van der Waals surface area contributed by atoms with Gasteiger partial charge in [0.25, 0.3) is 5.91 Å². The topological polar surface area (TPSA) is 84.7 Å². The van der Waals surface area contributed by atoms with Gasteiger partial charge in [-0.2, -0.15) is 0 Å². The third-order valence-corrected chi connectivity index (χ3v) is 5.20. The second kappa shape index (κ2) is 11.1. The number of benzene rings is 1. The number of carbonyl (C=O) groups is 1. The molecule has 1 atom stereocenters. The molecule has 7 nitrogen and oxygen atoms in total. The number of hydrogen-bond acceptors (Lipinski definition) is 5. The molecule has 0 aliphatic carbocycles. The second-order valence-corrected chi connectivity index (χ2v) is 7.12. The third kappa shape index (κ3) is 5.56. The van der Waals surface area contributed by atoms with Crippen molar-refractivity contribution >= 4 is 30.7 Å². The summed E-state index contributed by atoms with van der Waals surface area (Å²) in [6.45, 7) is 3.91. The van der Waals surface area contributed by atoms with Gasteiger partial charge in [0.05, 0.1) is 18.3 Å². The fourth-order valence-corrected chi connectivity index (χ4v) is 3.49. The summed E-state index contributed by atoms with van der Waals surface area (Å²) in [6.07, 6.45) is 7.33. The summed E-state index contributed by atoms with van der Waals surface area (Å²) in [5.41, 5.74) is 3.64. The van der Waals surface area contributed by atoms with Crippen LogP contribution in [0.4, 0.5) is 0 Å². The Bertz CT molecular complexity index is 926. The van der Waals surface area contributed by atoms with Gasteiger partial charge >= 0.3 is 0 Å². The zero-order valence-corrected chi connectivity index (χ0v) is 18.3. The molecular formula is C21H26Cl2N6O. The average molecular weight is 449 g/mol. The van der Waals surface area contributed by atoms with Crippen LogP contribution in [0.2, 0.25) is 0 Å². The zero-order chi connectivity index (χ0) is 19.3. The van der Waals surface area contributed by atoms with E-state index in [0.29, 0.717) is 11.7 Å². The molecule has 160 valence electrons. The number of amides is 1. The van der Waals surface area contributed by atoms with Crippen LogP contribution in [0.1, 0.15) is 47.9 Å². The van der Waals surface area contributed by atoms with Crippen molar-refractivity contribution < 1.29 is 4.79 Å². The van der Waals surface area contributed by atoms with Gasteiger partial charge < -0.3 is 10.6 Å². The fraction of sp³-hybridized carbons (Fsp3) is 0.333. The van der Waals surface area contributed by atoms with E-state index in [1.807, 2.05) is 35.9 Å². The maximum absolute atomic E-state index is 12.6. The Labute approximate surface area is 188 Å². The molecule has 1 aliphatic rings. The number of nitrogens with zero attached hydrogens (tertiary/aromatic N) is 4. The number of aromatic nitrogens is 4. The minimum Gasteiger partial charge on any atom is -0.344 e. The summed E-state index contributed by atoms with van der Waals surface area (Å²) in [5.74, 6) is -0.203. The number of piperidine rings is 1. The molecule has 1 fully saturated rings. The molecule has 1 unspecified atom stereocenters. The molecule has 3 heterocycles. The quantitative estimate of drug-likeness (QED) is 0.622. The maximum Gasteiger partial charge on any atom is 0.273 e. The minimum absolute atomic E-state index is 0. The predicted molar refractivity (Wildman–Crippen MR) is 121 cm³/mol. The predicted octanol–water partition coefficient (Wildman–Crippen LogP) is 3.60. The highest BCUT2D eigenvalue weighted by molar-refractivity contribution is 5.92. The van der Waals surface area contributed by atoms with E-state index in [1.165, 1.54) is 0 Å². The van der Waals surface area contributed by atoms with Gasteiger partial charge in [0, 0.05) is 12.4 Å². The van der Waals surface area contributed by atoms with Crippen LogP contribution in [0, 0.1) is 0 Å². The molecule has 0 bridgehead atoms. The first-order valence-electron chi connectivity index (χ1n) is 9.64. The standard InChI is InChI=1S/C21H24N6O.2ClH/c1-15(16-2-4-17(5-3-16)18-6-10-22-11-7-18)24-21(28)20-14-27(26-25-20)19-8-12-23-13-9-19;;/h2-7,10-11,14-15,19,23H,8-9,12-13H2,1H3,(H,24,28);2*1H. The van der Waals surface area contributed by atoms with Gasteiger partial charge in [-0.3, -0.25) is 9.78 Å². The minimum atomic E-state index is -0.203. The van der Waals surface area contributed by atoms with Crippen molar-refractivity contribution in [3.05, 3.63) is 66.2 Å². The van der Waals surface area contributed by atoms with Crippen LogP contribution in [-0.2, 0) is 0 Å². The molecule has 0 spiro atoms. The smallest absolute Gasteiger partial charge is 0.273 e. The second-order valence-electron chi connectivity index (χ2n) is 7.12. The highest BCUT2D eigenvalue weighted by Crippen LogP contribution is 2.22. The van der Waals surface area contributed by atoms with Crippen LogP contribution in [-0.4, -0.2) is 39.0 Å². The van der Waals surface area contributed by atoms with Gasteiger partial charge in [-0.1, -0.05) is 29.5 Å². The average Bonchev–Trinajstić information content (AvgIpc) is 3.26. The number of rotatable bonds is 5. The normalized spacial score (nSPS) is 14.8. The first-order valence-corrected chi connectivity index (χ1v) is 9.64. The van der Waals surface area contributed by atoms with E-state index in [9.17, 15) is 4.79 Å². The van der Waals surface area contributed by atoms with Gasteiger partial charge in [0.15, 0.2) is 5.69 Å². The lowest BCUT2D eigenvalue weighted by Gasteiger charge is -2.22. The molecule has 0 saturated carbocycles. The first-order chi connectivity index (χ1) is 13.7. The Hall–Kier alpha value is -2.48. The zero-order valence-electron chi connectivity index (χ0n) is 16.7. The molecule has 30 heavy (non-hydrogen) atoms. The molecule has 0 radical (unpaired) electrons. The molecule has 1 amide bonds. The number of hydrogen-bond donors (Lipinski definition) is 2. The lowest BCUT2D eigenvalue weighted by atomic mass is 10.0. The maximum atomic E-state index is 12.6. The van der Waals surface area contributed by atoms with Crippen LogP contribution in [0.3, 0.4) is 0 Å². The summed E-state index contributed by atoms with van der Waals surface area (Å²) in [4.78, 5) is 16.6. The molecule has 3 aromatic rings. The molecule has 1 aromatic carbocycles. The highest BCUT2D eigenvalue weighted by Gasteiger charge is 2.19. The molecule has 1 saturated heterocycles. The van der Waals surface area contributed by atoms with Gasteiger partial charge in [0.1, 0.15) is 0 Å². The summed E-state index contributed by atoms with van der Waals surface area (Å²) < 4.78 is 1.82. The lowest BCUT2D eigenvalue weighted by molar-refractivity contribution is 0.0934. The van der Waals surface area contributed by atoms with Crippen LogP contribution >= 0.6 is 24.8 Å². The lowest BCUT2D eigenvalue weighted by Crippen LogP contribution is -2.29. The largest absolute Gasteiger partial charge is 0.344 e. The molecule has 2 N–H and O–H groups in total. The van der Waals surface area contributed by atoms with Crippen molar-refractivity contribution in [1.82, 2.24) is 30.6 Å². The number of halogens is 2. The van der Waals surface area contributed by atoms with Gasteiger partial charge in [-0.15, -0.1) is 29.9 Å². The summed E-state index contributed by atoms with van der Waals surface area (Å²) >= 11 is 0. The van der Waals surface area contributed by atoms with E-state index in [-0.39, 0.29) is 36.8 Å². The van der Waals surface area contributed by atoms with Gasteiger partial charge in [0.2, 0.25) is 0 Å². The summed E-state index contributed by atoms with van der Waals surface area (Å²) in [5, 5.41) is 14.6. The Balaban J connectivity index is 0.00000160. The first kappa shape index (κ1) is 23.8. The van der Waals surface area contributed by atoms with E-state index in [1.54, 1.807) is 18.6 Å². The molecule has 4 rings (SSSR count). The Morgan fingerprint density at radius 2 is 1.70 bits per heavy atom. The third-order valence-electron chi connectivity index (χ3n) is 5.20. The molecule has 1 aliphatic heterocycles. The Kier molecular flexibility index (Phi) is 8.77. The van der Waals surface area contributed by atoms with E-state index < -0.39 is 0 Å². The van der Waals surface area contributed by atoms with E-state index in [0.717, 1.165) is 42.6 Å². The number of carbonyl (C=O) groups excluding carboxylic acids is 1. The van der Waals surface area contributed by atoms with Crippen LogP contribution in [0.5, 0.6) is 0 Å². The van der Waals surface area contributed by atoms with Crippen LogP contribution < -0.4 is 10.6 Å². The van der Waals surface area contributed by atoms with Gasteiger partial charge in [-0.25, -0.2) is 4.68 Å². The van der Waals surface area contributed by atoms with Crippen LogP contribution in [0.15, 0.2) is 55.0 Å². The number of nitrogens with one attached hydrogen (secondary N) is 2. The highest BCUT2D eigenvalue weighted by atomic mass is 35.5. The van der Waals surface area contributed by atoms with Crippen molar-refractivity contribution in [2.75, 3.05) is 13.1 Å². The van der Waals surface area contributed by atoms with E-state index in [2.05, 4.69) is 38.1 Å². The van der Waals surface area contributed by atoms with Crippen LogP contribution in [0.25, 0.3) is 11.1 Å². The molecule has 9 heteroatoms. The van der Waals surface area contributed by atoms with Crippen molar-refractivity contribution in [3.8, 4) is 11.1 Å². The van der Waals surface area contributed by atoms with E-state index >= 15 is 0 Å². The van der Waals surface area contributed by atoms with Crippen molar-refractivity contribution in [2.45, 2.75) is 31.8 Å². The van der Waals surface area contributed by atoms with Crippen molar-refractivity contribution in [1.29, 1.82) is 0 Å². The monoisotopic (exact) mass is 448 g/mol. The molecule has 2 aromatic heterocycles. The SMILES string of the molecule is CC(NC(=O)c1cn(C2CCNCC2)nn1)c1ccc(-c2ccncc2)cc1.Cl.Cl. The Morgan fingerprint density at radius 3 is 2.37 bits per heavy atom. The fourth-order valence-electron chi connectivity index (χ4n) is 3.49. The van der Waals surface area contributed by atoms with Crippen molar-refractivity contribution in [3.63, 3.8) is 0 Å². The Morgan fingerprint density at radius 1 is 1.07 bits per heavy atom. The number of pyridine rings is 1. The summed E-state index contributed by atoms with van der Waals surface area (Å²) in [7, 11) is 0. The summed E-state index contributed by atoms with van der Waals surface area (Å²) in [6, 6.07) is 12.3. The van der Waals surface area contributed by atoms with E-state index in [4.69, 9.17) is 0 Å². The van der Waals surface area contributed by atoms with Crippen molar-refractivity contribution in [2.24, 2.45) is 0 Å². The molecular weight excluding hydrogens is 423 g/mol.